The molecule has 0 aliphatic carbocycles. The van der Waals surface area contributed by atoms with Crippen LogP contribution in [0.3, 0.4) is 0 Å². The predicted molar refractivity (Wildman–Crippen MR) is 195 cm³/mol. The molecule has 8 bridgehead atoms. The molecule has 45 heavy (non-hydrogen) atoms. The van der Waals surface area contributed by atoms with E-state index in [2.05, 4.69) is 82.7 Å². The fraction of sp³-hybridized carbons (Fsp3) is 0.500. The molecular weight excluding hydrogens is 550 g/mol. The van der Waals surface area contributed by atoms with E-state index >= 15 is 0 Å². The van der Waals surface area contributed by atoms with Crippen molar-refractivity contribution in [3.8, 4) is 0 Å². The first-order valence-corrected chi connectivity index (χ1v) is 17.6. The van der Waals surface area contributed by atoms with Gasteiger partial charge in [-0.2, -0.15) is 0 Å². The van der Waals surface area contributed by atoms with Crippen LogP contribution in [0.1, 0.15) is 144 Å². The monoisotopic (exact) mass is 605 g/mol. The first-order valence-electron chi connectivity index (χ1n) is 17.6. The van der Waals surface area contributed by atoms with E-state index in [9.17, 15) is 0 Å². The second kappa shape index (κ2) is 14.8. The Hall–Kier alpha value is -3.44. The summed E-state index contributed by atoms with van der Waals surface area (Å²) in [7, 11) is 0. The number of aromatic nitrogens is 4. The van der Waals surface area contributed by atoms with Gasteiger partial charge in [0.05, 0.1) is 22.8 Å². The SMILES string of the molecule is CCCCCC1=C(C)c2cc3[nH]c(cc4nc(cc5[nH]c(cc1n2)c(C)c5CCN)C(C)=C4CCCCC)c(C)c3CCCC. The van der Waals surface area contributed by atoms with Crippen LogP contribution in [-0.4, -0.2) is 26.5 Å². The molecule has 240 valence electrons. The number of rotatable bonds is 13. The number of fused-ring (bicyclic) bond motifs is 8. The summed E-state index contributed by atoms with van der Waals surface area (Å²) in [6.45, 7) is 16.5. The summed E-state index contributed by atoms with van der Waals surface area (Å²) in [5, 5.41) is 0. The molecule has 5 rings (SSSR count). The van der Waals surface area contributed by atoms with Crippen molar-refractivity contribution in [1.29, 1.82) is 0 Å². The molecule has 2 aliphatic rings. The lowest BCUT2D eigenvalue weighted by atomic mass is 9.98. The molecule has 3 aromatic heterocycles. The zero-order valence-electron chi connectivity index (χ0n) is 29.0. The Morgan fingerprint density at radius 1 is 0.511 bits per heavy atom. The molecule has 4 N–H and O–H groups in total. The zero-order chi connectivity index (χ0) is 32.1. The number of hydrogen-bond acceptors (Lipinski definition) is 3. The van der Waals surface area contributed by atoms with Gasteiger partial charge in [0.1, 0.15) is 0 Å². The molecule has 0 spiro atoms. The van der Waals surface area contributed by atoms with Crippen LogP contribution in [0.25, 0.3) is 44.4 Å². The minimum atomic E-state index is 0.609. The molecule has 0 fully saturated rings. The second-order valence-electron chi connectivity index (χ2n) is 13.2. The number of aryl methyl sites for hydroxylation is 3. The van der Waals surface area contributed by atoms with Crippen molar-refractivity contribution in [2.75, 3.05) is 6.54 Å². The summed E-state index contributed by atoms with van der Waals surface area (Å²) in [4.78, 5) is 18.3. The van der Waals surface area contributed by atoms with Crippen molar-refractivity contribution in [2.45, 2.75) is 126 Å². The average Bonchev–Trinajstić information content (AvgIpc) is 3.68. The van der Waals surface area contributed by atoms with E-state index in [0.29, 0.717) is 6.54 Å². The number of aromatic amines is 2. The molecule has 5 heterocycles. The van der Waals surface area contributed by atoms with E-state index in [0.717, 1.165) is 59.5 Å². The van der Waals surface area contributed by atoms with Crippen molar-refractivity contribution in [3.05, 3.63) is 69.3 Å². The standard InChI is InChI=1S/C40H55N5/c1-8-11-14-17-30-26(5)34-21-37-29(16-13-10-3)25(4)33(42-37)22-38-31(18-15-12-9-2)27(6)35(44-38)24-40-32(19-20-41)28(7)36(45-40)23-39(30)43-34/h21-24,42,45H,8-20,41H2,1-7H3. The van der Waals surface area contributed by atoms with Gasteiger partial charge >= 0.3 is 0 Å². The molecule has 0 saturated heterocycles. The normalized spacial score (nSPS) is 13.4. The molecule has 0 radical (unpaired) electrons. The molecule has 0 atom stereocenters. The van der Waals surface area contributed by atoms with Crippen molar-refractivity contribution in [1.82, 2.24) is 19.9 Å². The van der Waals surface area contributed by atoms with Gasteiger partial charge in [0.15, 0.2) is 0 Å². The van der Waals surface area contributed by atoms with Crippen molar-refractivity contribution < 1.29 is 0 Å². The van der Waals surface area contributed by atoms with Crippen LogP contribution in [0.4, 0.5) is 0 Å². The second-order valence-corrected chi connectivity index (χ2v) is 13.2. The van der Waals surface area contributed by atoms with E-state index in [1.54, 1.807) is 0 Å². The summed E-state index contributed by atoms with van der Waals surface area (Å²) in [5.41, 5.74) is 25.7. The highest BCUT2D eigenvalue weighted by atomic mass is 14.8. The molecule has 5 heteroatoms. The maximum absolute atomic E-state index is 6.16. The van der Waals surface area contributed by atoms with Crippen LogP contribution in [0, 0.1) is 13.8 Å². The predicted octanol–water partition coefficient (Wildman–Crippen LogP) is 10.8. The molecule has 0 amide bonds. The largest absolute Gasteiger partial charge is 0.355 e. The number of nitrogens with one attached hydrogen (secondary N) is 2. The Bertz CT molecular complexity index is 1760. The molecule has 2 aliphatic heterocycles. The van der Waals surface area contributed by atoms with E-state index in [1.807, 2.05) is 0 Å². The topological polar surface area (TPSA) is 83.4 Å². The molecule has 0 aromatic carbocycles. The van der Waals surface area contributed by atoms with E-state index < -0.39 is 0 Å². The van der Waals surface area contributed by atoms with Gasteiger partial charge in [-0.3, -0.25) is 0 Å². The smallest absolute Gasteiger partial charge is 0.0693 e. The molecule has 0 saturated carbocycles. The van der Waals surface area contributed by atoms with E-state index in [1.165, 1.54) is 107 Å². The van der Waals surface area contributed by atoms with Gasteiger partial charge < -0.3 is 15.7 Å². The summed E-state index contributed by atoms with van der Waals surface area (Å²) in [6, 6.07) is 9.18. The van der Waals surface area contributed by atoms with Crippen LogP contribution >= 0.6 is 0 Å². The highest BCUT2D eigenvalue weighted by Gasteiger charge is 2.21. The van der Waals surface area contributed by atoms with Gasteiger partial charge in [0.2, 0.25) is 0 Å². The lowest BCUT2D eigenvalue weighted by molar-refractivity contribution is 0.735. The molecular formula is C40H55N5. The Kier molecular flexibility index (Phi) is 10.8. The minimum absolute atomic E-state index is 0.609. The fourth-order valence-corrected chi connectivity index (χ4v) is 7.09. The highest BCUT2D eigenvalue weighted by molar-refractivity contribution is 5.95. The Labute approximate surface area is 270 Å². The van der Waals surface area contributed by atoms with Crippen molar-refractivity contribution in [2.24, 2.45) is 5.73 Å². The lowest BCUT2D eigenvalue weighted by Gasteiger charge is -2.04. The third-order valence-electron chi connectivity index (χ3n) is 10.0. The van der Waals surface area contributed by atoms with Gasteiger partial charge in [-0.25, -0.2) is 9.97 Å². The number of unbranched alkanes of at least 4 members (excludes halogenated alkanes) is 5. The maximum Gasteiger partial charge on any atom is 0.0693 e. The highest BCUT2D eigenvalue weighted by Crippen LogP contribution is 2.37. The number of allylic oxidation sites excluding steroid dienone is 4. The van der Waals surface area contributed by atoms with Gasteiger partial charge in [0.25, 0.3) is 0 Å². The van der Waals surface area contributed by atoms with Crippen LogP contribution in [0.2, 0.25) is 0 Å². The Morgan fingerprint density at radius 3 is 1.36 bits per heavy atom. The molecule has 3 aromatic rings. The Balaban J connectivity index is 1.87. The maximum atomic E-state index is 6.16. The third kappa shape index (κ3) is 6.89. The number of nitrogens with zero attached hydrogens (tertiary/aromatic N) is 2. The summed E-state index contributed by atoms with van der Waals surface area (Å²) >= 11 is 0. The van der Waals surface area contributed by atoms with Crippen LogP contribution in [-0.2, 0) is 12.8 Å². The summed E-state index contributed by atoms with van der Waals surface area (Å²) in [5.74, 6) is 0. The van der Waals surface area contributed by atoms with Crippen LogP contribution in [0.15, 0.2) is 24.3 Å². The fourth-order valence-electron chi connectivity index (χ4n) is 7.09. The quantitative estimate of drug-likeness (QED) is 0.169. The van der Waals surface area contributed by atoms with E-state index in [-0.39, 0.29) is 0 Å². The number of H-pyrrole nitrogens is 2. The number of nitrogens with two attached hydrogens (primary N) is 1. The van der Waals surface area contributed by atoms with Gasteiger partial charge in [-0.1, -0.05) is 52.9 Å². The van der Waals surface area contributed by atoms with Crippen molar-refractivity contribution in [3.63, 3.8) is 0 Å². The van der Waals surface area contributed by atoms with Crippen LogP contribution < -0.4 is 5.73 Å². The van der Waals surface area contributed by atoms with Crippen LogP contribution in [0.5, 0.6) is 0 Å². The summed E-state index contributed by atoms with van der Waals surface area (Å²) in [6.07, 6.45) is 13.6. The first-order chi connectivity index (χ1) is 21.8. The van der Waals surface area contributed by atoms with Gasteiger partial charge in [-0.05, 0) is 148 Å². The number of hydrogen-bond donors (Lipinski definition) is 3. The zero-order valence-corrected chi connectivity index (χ0v) is 29.0. The van der Waals surface area contributed by atoms with Gasteiger partial charge in [-0.15, -0.1) is 0 Å². The first kappa shape index (κ1) is 32.9. The minimum Gasteiger partial charge on any atom is -0.355 e. The lowest BCUT2D eigenvalue weighted by Crippen LogP contribution is -2.03. The van der Waals surface area contributed by atoms with E-state index in [4.69, 9.17) is 15.7 Å². The van der Waals surface area contributed by atoms with Crippen molar-refractivity contribution >= 4 is 44.4 Å². The molecule has 5 nitrogen and oxygen atoms in total. The molecule has 0 unspecified atom stereocenters. The van der Waals surface area contributed by atoms with Gasteiger partial charge in [0, 0.05) is 22.1 Å². The third-order valence-corrected chi connectivity index (χ3v) is 10.0. The Morgan fingerprint density at radius 2 is 0.933 bits per heavy atom. The summed E-state index contributed by atoms with van der Waals surface area (Å²) < 4.78 is 0. The average molecular weight is 606 g/mol.